The number of carboxylic acids is 1. The predicted molar refractivity (Wildman–Crippen MR) is 62.0 cm³/mol. The van der Waals surface area contributed by atoms with Crippen LogP contribution in [-0.2, 0) is 9.59 Å². The van der Waals surface area contributed by atoms with Crippen LogP contribution in [0.4, 0.5) is 0 Å². The minimum absolute atomic E-state index is 0.0624. The average molecular weight is 230 g/mol. The number of carbonyl (C=O) groups excluding carboxylic acids is 1. The van der Waals surface area contributed by atoms with Crippen LogP contribution in [-0.4, -0.2) is 40.5 Å². The second-order valence-electron chi connectivity index (χ2n) is 4.05. The topological polar surface area (TPSA) is 83.6 Å². The van der Waals surface area contributed by atoms with Crippen LogP contribution in [0.15, 0.2) is 0 Å². The van der Waals surface area contributed by atoms with Crippen LogP contribution in [0.2, 0.25) is 0 Å². The molecule has 0 aromatic heterocycles. The fourth-order valence-electron chi connectivity index (χ4n) is 1.34. The maximum Gasteiger partial charge on any atom is 0.323 e. The molecule has 0 aromatic carbocycles. The molecule has 0 radical (unpaired) electrons. The molecule has 0 rings (SSSR count). The number of carbonyl (C=O) groups is 2. The number of amides is 1. The van der Waals surface area contributed by atoms with Crippen molar-refractivity contribution in [1.29, 1.82) is 0 Å². The highest BCUT2D eigenvalue weighted by Gasteiger charge is 2.22. The molecular weight excluding hydrogens is 208 g/mol. The maximum absolute atomic E-state index is 11.8. The van der Waals surface area contributed by atoms with E-state index < -0.39 is 5.97 Å². The Balaban J connectivity index is 4.49. The van der Waals surface area contributed by atoms with Crippen LogP contribution in [0.3, 0.4) is 0 Å². The van der Waals surface area contributed by atoms with E-state index >= 15 is 0 Å². The summed E-state index contributed by atoms with van der Waals surface area (Å²) in [6, 6.07) is -0.250. The van der Waals surface area contributed by atoms with E-state index in [0.717, 1.165) is 6.42 Å². The second-order valence-corrected chi connectivity index (χ2v) is 4.05. The van der Waals surface area contributed by atoms with Crippen molar-refractivity contribution in [3.05, 3.63) is 0 Å². The highest BCUT2D eigenvalue weighted by Crippen LogP contribution is 2.07. The molecule has 2 atom stereocenters. The fourth-order valence-corrected chi connectivity index (χ4v) is 1.34. The van der Waals surface area contributed by atoms with Gasteiger partial charge in [-0.1, -0.05) is 13.8 Å². The minimum atomic E-state index is -0.987. The van der Waals surface area contributed by atoms with Gasteiger partial charge in [-0.2, -0.15) is 0 Å². The molecule has 0 aromatic rings. The quantitative estimate of drug-likeness (QED) is 0.678. The molecule has 0 aliphatic heterocycles. The third kappa shape index (κ3) is 5.11. The zero-order valence-corrected chi connectivity index (χ0v) is 10.3. The van der Waals surface area contributed by atoms with Gasteiger partial charge >= 0.3 is 5.97 Å². The van der Waals surface area contributed by atoms with Gasteiger partial charge in [-0.25, -0.2) is 0 Å². The molecule has 5 heteroatoms. The van der Waals surface area contributed by atoms with E-state index in [1.807, 2.05) is 20.8 Å². The Morgan fingerprint density at radius 3 is 2.25 bits per heavy atom. The Kier molecular flexibility index (Phi) is 6.72. The lowest BCUT2D eigenvalue weighted by molar-refractivity contribution is -0.146. The molecule has 0 heterocycles. The molecule has 0 spiro atoms. The van der Waals surface area contributed by atoms with Crippen molar-refractivity contribution >= 4 is 11.9 Å². The number of hydrogen-bond acceptors (Lipinski definition) is 3. The number of rotatable bonds is 7. The smallest absolute Gasteiger partial charge is 0.323 e. The standard InChI is InChI=1S/C11H22N2O3/c1-4-8(3)13(7-11(15)16)10(14)6-9(12)5-2/h8-9H,4-7,12H2,1-3H3,(H,15,16). The van der Waals surface area contributed by atoms with Crippen LogP contribution in [0, 0.1) is 0 Å². The number of hydrogen-bond donors (Lipinski definition) is 2. The van der Waals surface area contributed by atoms with Crippen molar-refractivity contribution in [1.82, 2.24) is 4.90 Å². The monoisotopic (exact) mass is 230 g/mol. The lowest BCUT2D eigenvalue weighted by atomic mass is 10.1. The molecule has 0 fully saturated rings. The van der Waals surface area contributed by atoms with Crippen LogP contribution in [0.25, 0.3) is 0 Å². The predicted octanol–water partition coefficient (Wildman–Crippen LogP) is 0.825. The molecule has 16 heavy (non-hydrogen) atoms. The fraction of sp³-hybridized carbons (Fsp3) is 0.818. The highest BCUT2D eigenvalue weighted by atomic mass is 16.4. The lowest BCUT2D eigenvalue weighted by Gasteiger charge is -2.27. The first-order valence-electron chi connectivity index (χ1n) is 5.69. The number of nitrogens with two attached hydrogens (primary N) is 1. The minimum Gasteiger partial charge on any atom is -0.480 e. The van der Waals surface area contributed by atoms with E-state index in [1.54, 1.807) is 0 Å². The third-order valence-electron chi connectivity index (χ3n) is 2.71. The van der Waals surface area contributed by atoms with Crippen LogP contribution in [0.5, 0.6) is 0 Å². The molecule has 5 nitrogen and oxygen atoms in total. The molecule has 1 amide bonds. The Labute approximate surface area is 96.6 Å². The summed E-state index contributed by atoms with van der Waals surface area (Å²) in [6.07, 6.45) is 1.67. The van der Waals surface area contributed by atoms with Gasteiger partial charge in [0, 0.05) is 18.5 Å². The Hall–Kier alpha value is -1.10. The van der Waals surface area contributed by atoms with Gasteiger partial charge < -0.3 is 15.7 Å². The van der Waals surface area contributed by atoms with Crippen LogP contribution >= 0.6 is 0 Å². The van der Waals surface area contributed by atoms with Crippen molar-refractivity contribution in [2.24, 2.45) is 5.73 Å². The summed E-state index contributed by atoms with van der Waals surface area (Å²) in [5.74, 6) is -1.16. The highest BCUT2D eigenvalue weighted by molar-refractivity contribution is 5.82. The normalized spacial score (nSPS) is 14.2. The van der Waals surface area contributed by atoms with Crippen molar-refractivity contribution in [2.45, 2.75) is 52.1 Å². The summed E-state index contributed by atoms with van der Waals surface area (Å²) in [5, 5.41) is 8.74. The average Bonchev–Trinajstić information content (AvgIpc) is 2.24. The van der Waals surface area contributed by atoms with Crippen molar-refractivity contribution < 1.29 is 14.7 Å². The van der Waals surface area contributed by atoms with E-state index in [-0.39, 0.29) is 31.0 Å². The summed E-state index contributed by atoms with van der Waals surface area (Å²) in [5.41, 5.74) is 5.69. The molecule has 2 unspecified atom stereocenters. The third-order valence-corrected chi connectivity index (χ3v) is 2.71. The molecule has 0 bridgehead atoms. The van der Waals surface area contributed by atoms with Gasteiger partial charge in [0.15, 0.2) is 0 Å². The van der Waals surface area contributed by atoms with E-state index in [2.05, 4.69) is 0 Å². The zero-order valence-electron chi connectivity index (χ0n) is 10.3. The first-order chi connectivity index (χ1) is 7.42. The van der Waals surface area contributed by atoms with Gasteiger partial charge in [0.25, 0.3) is 0 Å². The Morgan fingerprint density at radius 1 is 1.31 bits per heavy atom. The lowest BCUT2D eigenvalue weighted by Crippen LogP contribution is -2.43. The van der Waals surface area contributed by atoms with E-state index in [9.17, 15) is 9.59 Å². The summed E-state index contributed by atoms with van der Waals surface area (Å²) >= 11 is 0. The largest absolute Gasteiger partial charge is 0.480 e. The summed E-state index contributed by atoms with van der Waals surface area (Å²) in [4.78, 5) is 23.9. The Bertz CT molecular complexity index is 243. The van der Waals surface area contributed by atoms with Gasteiger partial charge in [-0.05, 0) is 19.8 Å². The van der Waals surface area contributed by atoms with Crippen molar-refractivity contribution in [3.8, 4) is 0 Å². The van der Waals surface area contributed by atoms with Gasteiger partial charge in [-0.15, -0.1) is 0 Å². The van der Waals surface area contributed by atoms with Crippen molar-refractivity contribution in [3.63, 3.8) is 0 Å². The molecular formula is C11H22N2O3. The number of carboxylic acid groups (broad SMARTS) is 1. The van der Waals surface area contributed by atoms with Crippen LogP contribution in [0.1, 0.15) is 40.0 Å². The van der Waals surface area contributed by atoms with Gasteiger partial charge in [0.2, 0.25) is 5.91 Å². The molecule has 94 valence electrons. The first kappa shape index (κ1) is 14.9. The van der Waals surface area contributed by atoms with Gasteiger partial charge in [0.05, 0.1) is 0 Å². The molecule has 0 saturated carbocycles. The SMILES string of the molecule is CCC(N)CC(=O)N(CC(=O)O)C(C)CC. The first-order valence-corrected chi connectivity index (χ1v) is 5.69. The molecule has 0 aliphatic carbocycles. The summed E-state index contributed by atoms with van der Waals surface area (Å²) < 4.78 is 0. The van der Waals surface area contributed by atoms with E-state index in [0.29, 0.717) is 6.42 Å². The maximum atomic E-state index is 11.8. The van der Waals surface area contributed by atoms with E-state index in [1.165, 1.54) is 4.90 Å². The number of aliphatic carboxylic acids is 1. The molecule has 0 aliphatic rings. The number of nitrogens with zero attached hydrogens (tertiary/aromatic N) is 1. The van der Waals surface area contributed by atoms with Gasteiger partial charge in [-0.3, -0.25) is 9.59 Å². The second kappa shape index (κ2) is 7.22. The van der Waals surface area contributed by atoms with Gasteiger partial charge in [0.1, 0.15) is 6.54 Å². The van der Waals surface area contributed by atoms with Crippen molar-refractivity contribution in [2.75, 3.05) is 6.54 Å². The summed E-state index contributed by atoms with van der Waals surface area (Å²) in [6.45, 7) is 5.43. The van der Waals surface area contributed by atoms with E-state index in [4.69, 9.17) is 10.8 Å². The Morgan fingerprint density at radius 2 is 1.88 bits per heavy atom. The molecule has 3 N–H and O–H groups in total. The molecule has 0 saturated heterocycles. The summed E-state index contributed by atoms with van der Waals surface area (Å²) in [7, 11) is 0. The zero-order chi connectivity index (χ0) is 12.7. The van der Waals surface area contributed by atoms with Crippen LogP contribution < -0.4 is 5.73 Å².